The maximum atomic E-state index is 5.50. The number of aromatic nitrogens is 3. The molecule has 8 nitrogen and oxygen atoms in total. The van der Waals surface area contributed by atoms with Gasteiger partial charge in [-0.25, -0.2) is 0 Å². The van der Waals surface area contributed by atoms with Gasteiger partial charge >= 0.3 is 0 Å². The molecule has 328 valence electrons. The van der Waals surface area contributed by atoms with Crippen molar-refractivity contribution in [1.82, 2.24) is 25.1 Å². The fourth-order valence-electron chi connectivity index (χ4n) is 9.39. The summed E-state index contributed by atoms with van der Waals surface area (Å²) in [6.07, 6.45) is 18.8. The maximum absolute atomic E-state index is 5.50. The third kappa shape index (κ3) is 9.99. The number of aryl methyl sites for hydroxylation is 4. The van der Waals surface area contributed by atoms with E-state index in [0.29, 0.717) is 0 Å². The number of benzene rings is 3. The fourth-order valence-corrected chi connectivity index (χ4v) is 10.6. The van der Waals surface area contributed by atoms with Crippen LogP contribution in [-0.2, 0) is 12.8 Å². The van der Waals surface area contributed by atoms with Crippen LogP contribution in [0.15, 0.2) is 108 Å². The number of anilines is 1. The molecule has 3 aliphatic rings. The molecule has 3 aliphatic heterocycles. The second kappa shape index (κ2) is 19.9. The Balaban J connectivity index is 0.724. The summed E-state index contributed by atoms with van der Waals surface area (Å²) < 4.78 is 2.26. The number of hydrogen-bond acceptors (Lipinski definition) is 8. The predicted octanol–water partition coefficient (Wildman–Crippen LogP) is 12.7. The van der Waals surface area contributed by atoms with Gasteiger partial charge in [0, 0.05) is 64.2 Å². The van der Waals surface area contributed by atoms with E-state index in [2.05, 4.69) is 141 Å². The lowest BCUT2D eigenvalue weighted by Crippen LogP contribution is -2.40. The predicted molar refractivity (Wildman–Crippen MR) is 266 cm³/mol. The Bertz CT molecular complexity index is 2500. The van der Waals surface area contributed by atoms with Crippen molar-refractivity contribution in [3.63, 3.8) is 0 Å². The first-order valence-electron chi connectivity index (χ1n) is 23.3. The third-order valence-electron chi connectivity index (χ3n) is 13.4. The molecule has 8 rings (SSSR count). The van der Waals surface area contributed by atoms with Crippen molar-refractivity contribution in [2.75, 3.05) is 18.5 Å². The quantitative estimate of drug-likeness (QED) is 0.0889. The molecule has 9 heteroatoms. The van der Waals surface area contributed by atoms with Crippen LogP contribution >= 0.6 is 11.3 Å². The van der Waals surface area contributed by atoms with Gasteiger partial charge in [-0.3, -0.25) is 14.6 Å². The lowest BCUT2D eigenvalue weighted by Gasteiger charge is -2.38. The number of nitrogens with zero attached hydrogens (tertiary/aromatic N) is 7. The molecule has 0 bridgehead atoms. The summed E-state index contributed by atoms with van der Waals surface area (Å²) in [7, 11) is 2.20. The maximum Gasteiger partial charge on any atom is 0.163 e. The number of aliphatic imine (C=N–C) groups is 1. The van der Waals surface area contributed by atoms with Gasteiger partial charge in [-0.2, -0.15) is 5.10 Å². The number of hydrogen-bond donors (Lipinski definition) is 1. The average Bonchev–Trinajstić information content (AvgIpc) is 3.76. The lowest BCUT2D eigenvalue weighted by atomic mass is 9.97. The molecule has 2 aromatic heterocycles. The fraction of sp³-hybridized carbons (Fsp3) is 0.407. The standard InChI is InChI=1S/C54H66N8S/c1-36-20-27-45(28-21-36)52-51-38(3)41(6)63-54(51)61-42(7)58-59-53(61)49(57-52)33-44-25-23-43(24-26-44)19-17-15-13-11-9-10-12-14-16-18-32-60(8)47-29-30-48-40(5)62(55-35-46(48)34-47)50-31-22-37(2)56-39(50)4/h20-21,23-30,34-35,49-50,56H,2,4-5,9-19,22,31-33H2,1,3,6-8H3. The van der Waals surface area contributed by atoms with Gasteiger partial charge in [0.15, 0.2) is 5.82 Å². The highest BCUT2D eigenvalue weighted by molar-refractivity contribution is 7.15. The van der Waals surface area contributed by atoms with Crippen LogP contribution in [0.2, 0.25) is 0 Å². The minimum atomic E-state index is -0.126. The molecule has 1 N–H and O–H groups in total. The number of thiophene rings is 1. The Hall–Kier alpha value is -5.54. The van der Waals surface area contributed by atoms with Crippen molar-refractivity contribution in [1.29, 1.82) is 0 Å². The van der Waals surface area contributed by atoms with Crippen molar-refractivity contribution < 1.29 is 0 Å². The summed E-state index contributed by atoms with van der Waals surface area (Å²) in [5.74, 6) is 1.84. The van der Waals surface area contributed by atoms with E-state index in [1.807, 2.05) is 22.6 Å². The summed E-state index contributed by atoms with van der Waals surface area (Å²) in [5.41, 5.74) is 15.1. The van der Waals surface area contributed by atoms with E-state index >= 15 is 0 Å². The van der Waals surface area contributed by atoms with Crippen LogP contribution in [0, 0.1) is 27.7 Å². The molecule has 0 amide bonds. The van der Waals surface area contributed by atoms with Crippen LogP contribution in [0.4, 0.5) is 5.69 Å². The van der Waals surface area contributed by atoms with Crippen LogP contribution in [0.3, 0.4) is 0 Å². The molecule has 0 aliphatic carbocycles. The molecule has 0 radical (unpaired) electrons. The smallest absolute Gasteiger partial charge is 0.163 e. The summed E-state index contributed by atoms with van der Waals surface area (Å²) in [5, 5.41) is 20.6. The zero-order chi connectivity index (χ0) is 44.0. The Morgan fingerprint density at radius 3 is 2.19 bits per heavy atom. The van der Waals surface area contributed by atoms with Gasteiger partial charge in [0.2, 0.25) is 0 Å². The number of allylic oxidation sites excluding steroid dienone is 1. The van der Waals surface area contributed by atoms with E-state index in [0.717, 1.165) is 83.4 Å². The second-order valence-electron chi connectivity index (χ2n) is 18.1. The summed E-state index contributed by atoms with van der Waals surface area (Å²) in [4.78, 5) is 9.19. The zero-order valence-corrected chi connectivity index (χ0v) is 39.2. The Morgan fingerprint density at radius 1 is 0.794 bits per heavy atom. The van der Waals surface area contributed by atoms with Crippen molar-refractivity contribution in [2.45, 2.75) is 130 Å². The van der Waals surface area contributed by atoms with Gasteiger partial charge in [-0.05, 0) is 88.6 Å². The molecular weight excluding hydrogens is 793 g/mol. The number of hydrazone groups is 1. The minimum Gasteiger partial charge on any atom is -0.375 e. The second-order valence-corrected chi connectivity index (χ2v) is 19.3. The molecule has 1 fully saturated rings. The topological polar surface area (TPSA) is 73.9 Å². The van der Waals surface area contributed by atoms with Crippen LogP contribution in [-0.4, -0.2) is 51.3 Å². The van der Waals surface area contributed by atoms with Gasteiger partial charge in [0.1, 0.15) is 16.9 Å². The summed E-state index contributed by atoms with van der Waals surface area (Å²) in [6, 6.07) is 24.7. The normalized spacial score (nSPS) is 16.9. The Kier molecular flexibility index (Phi) is 13.9. The molecule has 2 atom stereocenters. The Labute approximate surface area is 380 Å². The highest BCUT2D eigenvalue weighted by Crippen LogP contribution is 2.40. The van der Waals surface area contributed by atoms with Crippen molar-refractivity contribution in [3.05, 3.63) is 159 Å². The summed E-state index contributed by atoms with van der Waals surface area (Å²) >= 11 is 1.82. The van der Waals surface area contributed by atoms with Crippen LogP contribution in [0.1, 0.15) is 144 Å². The molecule has 1 saturated heterocycles. The highest BCUT2D eigenvalue weighted by atomic mass is 32.1. The van der Waals surface area contributed by atoms with Gasteiger partial charge in [0.25, 0.3) is 0 Å². The van der Waals surface area contributed by atoms with E-state index < -0.39 is 0 Å². The van der Waals surface area contributed by atoms with E-state index in [9.17, 15) is 0 Å². The van der Waals surface area contributed by atoms with E-state index in [-0.39, 0.29) is 12.1 Å². The molecular formula is C54H66N8S. The van der Waals surface area contributed by atoms with Gasteiger partial charge in [0.05, 0.1) is 23.7 Å². The lowest BCUT2D eigenvalue weighted by molar-refractivity contribution is 0.303. The number of rotatable bonds is 18. The number of fused-ring (bicyclic) bond motifs is 4. The van der Waals surface area contributed by atoms with E-state index in [1.54, 1.807) is 0 Å². The van der Waals surface area contributed by atoms with Gasteiger partial charge < -0.3 is 10.2 Å². The van der Waals surface area contributed by atoms with E-state index in [4.69, 9.17) is 15.2 Å². The van der Waals surface area contributed by atoms with Crippen molar-refractivity contribution >= 4 is 34.6 Å². The first kappa shape index (κ1) is 44.1. The van der Waals surface area contributed by atoms with Crippen LogP contribution in [0.5, 0.6) is 0 Å². The minimum absolute atomic E-state index is 0.0942. The summed E-state index contributed by atoms with van der Waals surface area (Å²) in [6.45, 7) is 22.4. The molecule has 2 unspecified atom stereocenters. The van der Waals surface area contributed by atoms with Crippen LogP contribution < -0.4 is 10.2 Å². The third-order valence-corrected chi connectivity index (χ3v) is 14.6. The zero-order valence-electron chi connectivity index (χ0n) is 38.3. The van der Waals surface area contributed by atoms with Crippen molar-refractivity contribution in [2.24, 2.45) is 10.1 Å². The van der Waals surface area contributed by atoms with E-state index in [1.165, 1.54) is 108 Å². The molecule has 63 heavy (non-hydrogen) atoms. The molecule has 5 heterocycles. The number of piperidine rings is 1. The highest BCUT2D eigenvalue weighted by Gasteiger charge is 2.32. The molecule has 5 aromatic rings. The molecule has 0 spiro atoms. The number of nitrogens with one attached hydrogen (secondary N) is 1. The molecule has 3 aromatic carbocycles. The van der Waals surface area contributed by atoms with Crippen LogP contribution in [0.25, 0.3) is 10.7 Å². The van der Waals surface area contributed by atoms with Gasteiger partial charge in [-0.15, -0.1) is 21.5 Å². The largest absolute Gasteiger partial charge is 0.375 e. The van der Waals surface area contributed by atoms with Gasteiger partial charge in [-0.1, -0.05) is 131 Å². The SMILES string of the molecule is C=C1CCC(N2N=Cc3cc(N(C)CCCCCCCCCCCCc4ccc(CC5N=C(c6ccc(C)cc6)c6c(sc(C)c6C)-n6c(C)nnc65)cc4)ccc3C2=C)C(=C)N1. The average molecular weight is 859 g/mol. The number of unbranched alkanes of at least 4 members (excludes halogenated alkanes) is 9. The monoisotopic (exact) mass is 859 g/mol. The Morgan fingerprint density at radius 2 is 1.48 bits per heavy atom. The molecule has 0 saturated carbocycles. The first-order chi connectivity index (χ1) is 30.5. The van der Waals surface area contributed by atoms with Crippen molar-refractivity contribution in [3.8, 4) is 5.00 Å². The first-order valence-corrected chi connectivity index (χ1v) is 24.1.